The van der Waals surface area contributed by atoms with Crippen molar-refractivity contribution in [3.05, 3.63) is 54.1 Å². The monoisotopic (exact) mass is 419 g/mol. The maximum absolute atomic E-state index is 12.1. The van der Waals surface area contributed by atoms with Crippen molar-refractivity contribution < 1.29 is 13.2 Å². The van der Waals surface area contributed by atoms with Crippen LogP contribution in [-0.2, 0) is 16.6 Å². The van der Waals surface area contributed by atoms with Gasteiger partial charge in [-0.2, -0.15) is 0 Å². The van der Waals surface area contributed by atoms with Gasteiger partial charge in [0.1, 0.15) is 0 Å². The van der Waals surface area contributed by atoms with Crippen LogP contribution in [0, 0.1) is 0 Å². The Labute approximate surface area is 170 Å². The molecule has 0 atom stereocenters. The fourth-order valence-electron chi connectivity index (χ4n) is 3.13. The van der Waals surface area contributed by atoms with E-state index in [1.807, 2.05) is 42.1 Å². The van der Waals surface area contributed by atoms with E-state index in [1.54, 1.807) is 18.2 Å². The Morgan fingerprint density at radius 2 is 1.79 bits per heavy atom. The van der Waals surface area contributed by atoms with Crippen molar-refractivity contribution in [2.45, 2.75) is 42.4 Å². The van der Waals surface area contributed by atoms with E-state index >= 15 is 0 Å². The number of anilines is 2. The van der Waals surface area contributed by atoms with Crippen LogP contribution in [0.3, 0.4) is 0 Å². The molecule has 2 aromatic carbocycles. The zero-order valence-corrected chi connectivity index (χ0v) is 17.4. The van der Waals surface area contributed by atoms with Crippen LogP contribution in [0.2, 0.25) is 0 Å². The molecule has 150 valence electrons. The Morgan fingerprint density at radius 3 is 2.46 bits per heavy atom. The Balaban J connectivity index is 1.48. The SMILES string of the molecule is CS(=O)(=O)Nc1cccc(CNC(=O)Nc2ccc(SC3CCCC3)cc2)c1. The highest BCUT2D eigenvalue weighted by molar-refractivity contribution is 8.00. The highest BCUT2D eigenvalue weighted by Gasteiger charge is 2.15. The molecule has 1 fully saturated rings. The maximum Gasteiger partial charge on any atom is 0.319 e. The number of sulfonamides is 1. The summed E-state index contributed by atoms with van der Waals surface area (Å²) in [5.41, 5.74) is 2.01. The summed E-state index contributed by atoms with van der Waals surface area (Å²) in [7, 11) is -3.33. The summed E-state index contributed by atoms with van der Waals surface area (Å²) < 4.78 is 25.0. The van der Waals surface area contributed by atoms with Crippen LogP contribution in [0.1, 0.15) is 31.2 Å². The topological polar surface area (TPSA) is 87.3 Å². The number of nitrogens with one attached hydrogen (secondary N) is 3. The molecule has 3 rings (SSSR count). The zero-order chi connectivity index (χ0) is 20.0. The van der Waals surface area contributed by atoms with E-state index in [-0.39, 0.29) is 6.03 Å². The summed E-state index contributed by atoms with van der Waals surface area (Å²) in [6, 6.07) is 14.5. The Hall–Kier alpha value is -2.19. The molecular weight excluding hydrogens is 394 g/mol. The predicted octanol–water partition coefficient (Wildman–Crippen LogP) is 4.41. The van der Waals surface area contributed by atoms with Crippen molar-refractivity contribution in [2.75, 3.05) is 16.3 Å². The number of benzene rings is 2. The molecule has 1 saturated carbocycles. The van der Waals surface area contributed by atoms with E-state index in [0.29, 0.717) is 12.2 Å². The number of hydrogen-bond acceptors (Lipinski definition) is 4. The van der Waals surface area contributed by atoms with Crippen LogP contribution >= 0.6 is 11.8 Å². The van der Waals surface area contributed by atoms with Crippen LogP contribution in [0.5, 0.6) is 0 Å². The summed E-state index contributed by atoms with van der Waals surface area (Å²) >= 11 is 1.91. The first kappa shape index (κ1) is 20.5. The van der Waals surface area contributed by atoms with E-state index in [1.165, 1.54) is 30.6 Å². The van der Waals surface area contributed by atoms with Crippen LogP contribution in [0.15, 0.2) is 53.4 Å². The number of thioether (sulfide) groups is 1. The fourth-order valence-corrected chi connectivity index (χ4v) is 4.93. The lowest BCUT2D eigenvalue weighted by molar-refractivity contribution is 0.251. The molecule has 0 aromatic heterocycles. The number of carbonyl (C=O) groups excluding carboxylic acids is 1. The lowest BCUT2D eigenvalue weighted by Gasteiger charge is -2.11. The van der Waals surface area contributed by atoms with Gasteiger partial charge in [-0.1, -0.05) is 25.0 Å². The van der Waals surface area contributed by atoms with E-state index < -0.39 is 10.0 Å². The van der Waals surface area contributed by atoms with Gasteiger partial charge in [0.15, 0.2) is 0 Å². The highest BCUT2D eigenvalue weighted by atomic mass is 32.2. The fraction of sp³-hybridized carbons (Fsp3) is 0.350. The first-order chi connectivity index (χ1) is 13.4. The first-order valence-corrected chi connectivity index (χ1v) is 12.0. The lowest BCUT2D eigenvalue weighted by atomic mass is 10.2. The molecule has 8 heteroatoms. The average molecular weight is 420 g/mol. The number of rotatable bonds is 7. The molecule has 0 unspecified atom stereocenters. The second kappa shape index (κ2) is 9.34. The van der Waals surface area contributed by atoms with Gasteiger partial charge in [-0.25, -0.2) is 13.2 Å². The minimum Gasteiger partial charge on any atom is -0.334 e. The molecule has 0 saturated heterocycles. The van der Waals surface area contributed by atoms with Gasteiger partial charge in [0, 0.05) is 28.1 Å². The largest absolute Gasteiger partial charge is 0.334 e. The normalized spacial score (nSPS) is 14.6. The number of hydrogen-bond donors (Lipinski definition) is 3. The molecule has 1 aliphatic carbocycles. The van der Waals surface area contributed by atoms with Gasteiger partial charge in [0.2, 0.25) is 10.0 Å². The standard InChI is InChI=1S/C20H25N3O3S2/c1-28(25,26)23-17-6-4-5-15(13-17)14-21-20(24)22-16-9-11-19(12-10-16)27-18-7-2-3-8-18/h4-6,9-13,18,23H,2-3,7-8,14H2,1H3,(H2,21,22,24). The second-order valence-electron chi connectivity index (χ2n) is 6.93. The van der Waals surface area contributed by atoms with Crippen molar-refractivity contribution in [3.63, 3.8) is 0 Å². The quantitative estimate of drug-likeness (QED) is 0.620. The first-order valence-electron chi connectivity index (χ1n) is 9.26. The van der Waals surface area contributed by atoms with Gasteiger partial charge >= 0.3 is 6.03 Å². The van der Waals surface area contributed by atoms with Crippen molar-refractivity contribution in [3.8, 4) is 0 Å². The van der Waals surface area contributed by atoms with Gasteiger partial charge in [-0.15, -0.1) is 11.8 Å². The Bertz CT molecular complexity index is 909. The van der Waals surface area contributed by atoms with Gasteiger partial charge < -0.3 is 10.6 Å². The van der Waals surface area contributed by atoms with Crippen molar-refractivity contribution >= 4 is 39.2 Å². The Kier molecular flexibility index (Phi) is 6.85. The molecule has 0 aliphatic heterocycles. The number of carbonyl (C=O) groups is 1. The van der Waals surface area contributed by atoms with Crippen LogP contribution in [-0.4, -0.2) is 26.0 Å². The van der Waals surface area contributed by atoms with E-state index in [2.05, 4.69) is 15.4 Å². The molecule has 3 N–H and O–H groups in total. The third kappa shape index (κ3) is 6.76. The number of urea groups is 1. The Morgan fingerprint density at radius 1 is 1.07 bits per heavy atom. The molecular formula is C20H25N3O3S2. The average Bonchev–Trinajstić information content (AvgIpc) is 3.14. The third-order valence-electron chi connectivity index (χ3n) is 4.40. The van der Waals surface area contributed by atoms with Gasteiger partial charge in [-0.3, -0.25) is 4.72 Å². The zero-order valence-electron chi connectivity index (χ0n) is 15.8. The summed E-state index contributed by atoms with van der Waals surface area (Å²) in [5.74, 6) is 0. The van der Waals surface area contributed by atoms with Crippen LogP contribution < -0.4 is 15.4 Å². The molecule has 0 heterocycles. The minimum absolute atomic E-state index is 0.292. The van der Waals surface area contributed by atoms with Crippen molar-refractivity contribution in [1.82, 2.24) is 5.32 Å². The molecule has 0 radical (unpaired) electrons. The molecule has 2 aromatic rings. The van der Waals surface area contributed by atoms with E-state index in [9.17, 15) is 13.2 Å². The predicted molar refractivity (Wildman–Crippen MR) is 115 cm³/mol. The van der Waals surface area contributed by atoms with Gasteiger partial charge in [0.05, 0.1) is 6.26 Å². The van der Waals surface area contributed by atoms with Crippen molar-refractivity contribution in [1.29, 1.82) is 0 Å². The summed E-state index contributed by atoms with van der Waals surface area (Å²) in [4.78, 5) is 13.4. The molecule has 2 amide bonds. The summed E-state index contributed by atoms with van der Waals surface area (Å²) in [6.07, 6.45) is 6.32. The van der Waals surface area contributed by atoms with E-state index in [0.717, 1.165) is 22.8 Å². The number of amides is 2. The second-order valence-corrected chi connectivity index (χ2v) is 10.1. The van der Waals surface area contributed by atoms with Crippen LogP contribution in [0.4, 0.5) is 16.2 Å². The molecule has 28 heavy (non-hydrogen) atoms. The minimum atomic E-state index is -3.33. The molecule has 1 aliphatic rings. The summed E-state index contributed by atoms with van der Waals surface area (Å²) in [5, 5.41) is 6.31. The highest BCUT2D eigenvalue weighted by Crippen LogP contribution is 2.34. The third-order valence-corrected chi connectivity index (χ3v) is 6.36. The maximum atomic E-state index is 12.1. The van der Waals surface area contributed by atoms with Crippen LogP contribution in [0.25, 0.3) is 0 Å². The molecule has 0 spiro atoms. The van der Waals surface area contributed by atoms with Crippen molar-refractivity contribution in [2.24, 2.45) is 0 Å². The lowest BCUT2D eigenvalue weighted by Crippen LogP contribution is -2.28. The summed E-state index contributed by atoms with van der Waals surface area (Å²) in [6.45, 7) is 0.292. The molecule has 0 bridgehead atoms. The smallest absolute Gasteiger partial charge is 0.319 e. The van der Waals surface area contributed by atoms with Gasteiger partial charge in [-0.05, 0) is 54.8 Å². The van der Waals surface area contributed by atoms with E-state index in [4.69, 9.17) is 0 Å². The molecule has 6 nitrogen and oxygen atoms in total. The van der Waals surface area contributed by atoms with Gasteiger partial charge in [0.25, 0.3) is 0 Å².